The molecule has 0 radical (unpaired) electrons. The lowest BCUT2D eigenvalue weighted by atomic mass is 9.97. The molecule has 2 heterocycles. The average Bonchev–Trinajstić information content (AvgIpc) is 3.39. The molecule has 8 heteroatoms. The van der Waals surface area contributed by atoms with E-state index >= 15 is 0 Å². The smallest absolute Gasteiger partial charge is 0.365 e. The van der Waals surface area contributed by atoms with Gasteiger partial charge in [0.2, 0.25) is 0 Å². The molecule has 200 valence electrons. The lowest BCUT2D eigenvalue weighted by molar-refractivity contribution is -0.140. The van der Waals surface area contributed by atoms with Crippen LogP contribution >= 0.6 is 0 Å². The van der Waals surface area contributed by atoms with Gasteiger partial charge in [0.05, 0.1) is 5.52 Å². The molecule has 0 fully saturated rings. The van der Waals surface area contributed by atoms with E-state index < -0.39 is 11.9 Å². The molecule has 5 rings (SSSR count). The lowest BCUT2D eigenvalue weighted by Crippen LogP contribution is -2.05. The van der Waals surface area contributed by atoms with Gasteiger partial charge in [-0.1, -0.05) is 74.5 Å². The first kappa shape index (κ1) is 26.4. The van der Waals surface area contributed by atoms with Crippen molar-refractivity contribution < 1.29 is 13.2 Å². The Balaban J connectivity index is 1.44. The van der Waals surface area contributed by atoms with Crippen molar-refractivity contribution in [3.63, 3.8) is 0 Å². The Morgan fingerprint density at radius 2 is 1.51 bits per heavy atom. The zero-order valence-electron chi connectivity index (χ0n) is 22.3. The summed E-state index contributed by atoms with van der Waals surface area (Å²) in [7, 11) is 0. The fraction of sp³-hybridized carbons (Fsp3) is 0.258. The van der Waals surface area contributed by atoms with Crippen LogP contribution in [-0.4, -0.2) is 19.5 Å². The van der Waals surface area contributed by atoms with E-state index in [9.17, 15) is 13.2 Å². The molecule has 0 saturated heterocycles. The minimum Gasteiger partial charge on any atom is -0.365 e. The van der Waals surface area contributed by atoms with Crippen molar-refractivity contribution in [2.24, 2.45) is 0 Å². The van der Waals surface area contributed by atoms with Crippen molar-refractivity contribution in [2.75, 3.05) is 5.32 Å². The molecular weight excluding hydrogens is 499 g/mol. The van der Waals surface area contributed by atoms with Gasteiger partial charge in [-0.25, -0.2) is 15.0 Å². The molecule has 0 spiro atoms. The number of nitrogens with zero attached hydrogens (tertiary/aromatic N) is 4. The summed E-state index contributed by atoms with van der Waals surface area (Å²) < 4.78 is 41.5. The maximum atomic E-state index is 13.3. The van der Waals surface area contributed by atoms with Crippen LogP contribution in [0.5, 0.6) is 0 Å². The van der Waals surface area contributed by atoms with E-state index in [4.69, 9.17) is 9.97 Å². The number of hydrogen-bond acceptors (Lipinski definition) is 4. The number of alkyl halides is 3. The van der Waals surface area contributed by atoms with Gasteiger partial charge in [0, 0.05) is 35.3 Å². The fourth-order valence-corrected chi connectivity index (χ4v) is 4.63. The third-order valence-corrected chi connectivity index (χ3v) is 6.68. The first-order valence-electron chi connectivity index (χ1n) is 13.0. The summed E-state index contributed by atoms with van der Waals surface area (Å²) in [6.07, 6.45) is -3.42. The first-order valence-corrected chi connectivity index (χ1v) is 13.0. The molecule has 0 amide bonds. The number of benzene rings is 3. The van der Waals surface area contributed by atoms with Crippen molar-refractivity contribution in [3.05, 3.63) is 95.8 Å². The second-order valence-corrected chi connectivity index (χ2v) is 10.2. The molecule has 0 saturated carbocycles. The summed E-state index contributed by atoms with van der Waals surface area (Å²) in [6, 6.07) is 23.3. The SMILES string of the molecule is CC(C)c1ccccc1-c1nc(NCc2ccc(-c3nc(C(F)(F)F)cn3C(C)C)cc2)c2ccccc2n1. The highest BCUT2D eigenvalue weighted by Gasteiger charge is 2.35. The Bertz CT molecular complexity index is 1600. The Hall–Kier alpha value is -4.20. The van der Waals surface area contributed by atoms with E-state index in [0.29, 0.717) is 29.7 Å². The number of fused-ring (bicyclic) bond motifs is 1. The minimum absolute atomic E-state index is 0.161. The molecule has 3 aromatic carbocycles. The number of aromatic nitrogens is 4. The predicted molar refractivity (Wildman–Crippen MR) is 149 cm³/mol. The molecule has 2 aromatic heterocycles. The highest BCUT2D eigenvalue weighted by Crippen LogP contribution is 2.33. The monoisotopic (exact) mass is 529 g/mol. The van der Waals surface area contributed by atoms with Crippen LogP contribution in [0.3, 0.4) is 0 Å². The molecule has 39 heavy (non-hydrogen) atoms. The van der Waals surface area contributed by atoms with Gasteiger partial charge in [0.15, 0.2) is 11.5 Å². The maximum absolute atomic E-state index is 13.3. The average molecular weight is 530 g/mol. The second kappa shape index (κ2) is 10.5. The number of halogens is 3. The molecule has 5 aromatic rings. The first-order chi connectivity index (χ1) is 18.6. The van der Waals surface area contributed by atoms with Crippen molar-refractivity contribution in [1.29, 1.82) is 0 Å². The van der Waals surface area contributed by atoms with Crippen LogP contribution in [-0.2, 0) is 12.7 Å². The van der Waals surface area contributed by atoms with Gasteiger partial charge >= 0.3 is 6.18 Å². The fourth-order valence-electron chi connectivity index (χ4n) is 4.63. The standard InChI is InChI=1S/C31H30F3N5/c1-19(2)23-9-5-6-10-24(23)29-36-26-12-8-7-11-25(26)28(38-29)35-17-21-13-15-22(16-14-21)30-37-27(31(32,33)34)18-39(30)20(3)4/h5-16,18-20H,17H2,1-4H3,(H,35,36,38). The summed E-state index contributed by atoms with van der Waals surface area (Å²) in [5.41, 5.74) is 3.74. The van der Waals surface area contributed by atoms with E-state index in [1.807, 2.05) is 68.4 Å². The highest BCUT2D eigenvalue weighted by molar-refractivity contribution is 5.90. The quantitative estimate of drug-likeness (QED) is 0.230. The summed E-state index contributed by atoms with van der Waals surface area (Å²) >= 11 is 0. The van der Waals surface area contributed by atoms with E-state index in [-0.39, 0.29) is 6.04 Å². The molecule has 0 aliphatic carbocycles. The summed E-state index contributed by atoms with van der Waals surface area (Å²) in [6.45, 7) is 8.46. The molecule has 0 atom stereocenters. The van der Waals surface area contributed by atoms with Crippen molar-refractivity contribution in [3.8, 4) is 22.8 Å². The number of hydrogen-bond donors (Lipinski definition) is 1. The van der Waals surface area contributed by atoms with E-state index in [1.54, 1.807) is 16.7 Å². The second-order valence-electron chi connectivity index (χ2n) is 10.2. The molecule has 0 bridgehead atoms. The van der Waals surface area contributed by atoms with Gasteiger partial charge in [-0.15, -0.1) is 0 Å². The zero-order valence-corrected chi connectivity index (χ0v) is 22.3. The number of rotatable bonds is 7. The third kappa shape index (κ3) is 5.50. The van der Waals surface area contributed by atoms with Gasteiger partial charge in [0.25, 0.3) is 0 Å². The molecular formula is C31H30F3N5. The number of anilines is 1. The summed E-state index contributed by atoms with van der Waals surface area (Å²) in [5, 5.41) is 4.37. The molecule has 0 aliphatic heterocycles. The summed E-state index contributed by atoms with van der Waals surface area (Å²) in [4.78, 5) is 13.7. The highest BCUT2D eigenvalue weighted by atomic mass is 19.4. The van der Waals surface area contributed by atoms with Gasteiger partial charge in [-0.3, -0.25) is 0 Å². The van der Waals surface area contributed by atoms with Crippen molar-refractivity contribution >= 4 is 16.7 Å². The Morgan fingerprint density at radius 1 is 0.821 bits per heavy atom. The molecule has 0 unspecified atom stereocenters. The predicted octanol–water partition coefficient (Wildman–Crippen LogP) is 8.50. The van der Waals surface area contributed by atoms with Crippen LogP contribution in [0.15, 0.2) is 79.0 Å². The van der Waals surface area contributed by atoms with Gasteiger partial charge in [-0.05, 0) is 43.0 Å². The largest absolute Gasteiger partial charge is 0.434 e. The van der Waals surface area contributed by atoms with Crippen LogP contribution in [0.2, 0.25) is 0 Å². The van der Waals surface area contributed by atoms with Crippen LogP contribution in [0, 0.1) is 0 Å². The third-order valence-electron chi connectivity index (χ3n) is 6.68. The van der Waals surface area contributed by atoms with E-state index in [2.05, 4.69) is 30.2 Å². The van der Waals surface area contributed by atoms with Crippen LogP contribution in [0.25, 0.3) is 33.7 Å². The summed E-state index contributed by atoms with van der Waals surface area (Å²) in [5.74, 6) is 2.01. The van der Waals surface area contributed by atoms with Crippen molar-refractivity contribution in [1.82, 2.24) is 19.5 Å². The maximum Gasteiger partial charge on any atom is 0.434 e. The van der Waals surface area contributed by atoms with E-state index in [1.165, 1.54) is 5.56 Å². The molecule has 5 nitrogen and oxygen atoms in total. The number of nitrogens with one attached hydrogen (secondary N) is 1. The van der Waals surface area contributed by atoms with Gasteiger partial charge in [0.1, 0.15) is 11.6 Å². The topological polar surface area (TPSA) is 55.6 Å². The molecule has 1 N–H and O–H groups in total. The number of para-hydroxylation sites is 1. The van der Waals surface area contributed by atoms with Crippen LogP contribution in [0.1, 0.15) is 56.5 Å². The van der Waals surface area contributed by atoms with Crippen molar-refractivity contribution in [2.45, 2.75) is 52.4 Å². The zero-order chi connectivity index (χ0) is 27.7. The Labute approximate surface area is 225 Å². The normalized spacial score (nSPS) is 12.0. The van der Waals surface area contributed by atoms with Crippen LogP contribution < -0.4 is 5.32 Å². The van der Waals surface area contributed by atoms with Gasteiger partial charge < -0.3 is 9.88 Å². The minimum atomic E-state index is -4.49. The Kier molecular flexibility index (Phi) is 7.12. The van der Waals surface area contributed by atoms with Gasteiger partial charge in [-0.2, -0.15) is 13.2 Å². The lowest BCUT2D eigenvalue weighted by Gasteiger charge is -2.15. The van der Waals surface area contributed by atoms with E-state index in [0.717, 1.165) is 34.0 Å². The molecule has 0 aliphatic rings. The number of imidazole rings is 1. The van der Waals surface area contributed by atoms with Crippen LogP contribution in [0.4, 0.5) is 19.0 Å². The Morgan fingerprint density at radius 3 is 2.21 bits per heavy atom.